The summed E-state index contributed by atoms with van der Waals surface area (Å²) in [6, 6.07) is 6.73. The SMILES string of the molecule is N#CC[C@]1(n2cc(-c3ncnc4[nH]ccc34)cn2)C[C@@H](N2CCN(C(=O)c3cc(C4=NCCN4)cc(C(F)(F)F)n3)CC2)C1. The van der Waals surface area contributed by atoms with Crippen molar-refractivity contribution in [1.82, 2.24) is 44.8 Å². The molecule has 4 aromatic heterocycles. The van der Waals surface area contributed by atoms with Gasteiger partial charge >= 0.3 is 6.18 Å². The van der Waals surface area contributed by atoms with Crippen LogP contribution in [0.4, 0.5) is 13.2 Å². The van der Waals surface area contributed by atoms with Gasteiger partial charge in [-0.05, 0) is 31.0 Å². The molecule has 0 unspecified atom stereocenters. The number of nitrogens with zero attached hydrogens (tertiary/aromatic N) is 9. The number of nitriles is 1. The summed E-state index contributed by atoms with van der Waals surface area (Å²) in [5.41, 5.74) is 0.731. The molecule has 44 heavy (non-hydrogen) atoms. The van der Waals surface area contributed by atoms with Gasteiger partial charge in [0.05, 0.1) is 36.5 Å². The zero-order valence-electron chi connectivity index (χ0n) is 23.5. The standard InChI is InChI=1S/C29H28F3N11O/c30-29(31,32)23-12-18(25-35-5-6-36-25)11-22(40-23)27(44)42-9-7-41(8-10-42)20-13-28(14-20,2-3-33)43-16-19(15-39-43)24-21-1-4-34-26(21)38-17-37-24/h1,4,11-12,15-17,20H,2,5-10,13-14H2,(H,35,36)(H,34,37,38)/t20-,28+. The topological polar surface area (TPSA) is 144 Å². The number of pyridine rings is 1. The molecule has 2 aliphatic heterocycles. The number of rotatable bonds is 6. The first kappa shape index (κ1) is 28.0. The van der Waals surface area contributed by atoms with Gasteiger partial charge in [0.25, 0.3) is 5.91 Å². The molecular formula is C29H28F3N11O. The molecule has 15 heteroatoms. The van der Waals surface area contributed by atoms with E-state index >= 15 is 0 Å². The molecule has 0 spiro atoms. The molecule has 12 nitrogen and oxygen atoms in total. The second kappa shape index (κ2) is 10.7. The van der Waals surface area contributed by atoms with E-state index in [4.69, 9.17) is 0 Å². The molecule has 7 rings (SSSR count). The highest BCUT2D eigenvalue weighted by Crippen LogP contribution is 2.45. The lowest BCUT2D eigenvalue weighted by Gasteiger charge is -2.52. The number of nitrogens with one attached hydrogen (secondary N) is 2. The summed E-state index contributed by atoms with van der Waals surface area (Å²) in [6.07, 6.45) is 4.04. The quantitative estimate of drug-likeness (QED) is 0.343. The summed E-state index contributed by atoms with van der Waals surface area (Å²) < 4.78 is 42.7. The maximum Gasteiger partial charge on any atom is 0.433 e. The molecule has 0 aromatic carbocycles. The monoisotopic (exact) mass is 603 g/mol. The molecule has 6 heterocycles. The maximum atomic E-state index is 13.6. The van der Waals surface area contributed by atoms with Crippen LogP contribution in [-0.2, 0) is 11.7 Å². The predicted octanol–water partition coefficient (Wildman–Crippen LogP) is 2.81. The van der Waals surface area contributed by atoms with Gasteiger partial charge in [-0.1, -0.05) is 0 Å². The molecular weight excluding hydrogens is 575 g/mol. The fourth-order valence-electron chi connectivity index (χ4n) is 6.41. The van der Waals surface area contributed by atoms with E-state index in [9.17, 15) is 23.2 Å². The minimum atomic E-state index is -4.69. The van der Waals surface area contributed by atoms with Gasteiger partial charge in [0, 0.05) is 67.7 Å². The van der Waals surface area contributed by atoms with E-state index in [2.05, 4.69) is 46.3 Å². The second-order valence-corrected chi connectivity index (χ2v) is 11.4. The Morgan fingerprint density at radius 3 is 2.68 bits per heavy atom. The molecule has 2 fully saturated rings. The zero-order valence-corrected chi connectivity index (χ0v) is 23.5. The van der Waals surface area contributed by atoms with E-state index in [0.717, 1.165) is 28.4 Å². The number of halogens is 3. The Bertz CT molecular complexity index is 1790. The van der Waals surface area contributed by atoms with Crippen LogP contribution in [0.15, 0.2) is 48.1 Å². The van der Waals surface area contributed by atoms with Gasteiger partial charge in [0.1, 0.15) is 29.2 Å². The number of aromatic amines is 1. The Morgan fingerprint density at radius 2 is 1.95 bits per heavy atom. The summed E-state index contributed by atoms with van der Waals surface area (Å²) in [5.74, 6) is -0.199. The van der Waals surface area contributed by atoms with Gasteiger partial charge in [-0.25, -0.2) is 15.0 Å². The summed E-state index contributed by atoms with van der Waals surface area (Å²) in [5, 5.41) is 18.1. The third-order valence-corrected chi connectivity index (χ3v) is 8.74. The number of piperazine rings is 1. The summed E-state index contributed by atoms with van der Waals surface area (Å²) in [4.78, 5) is 36.8. The van der Waals surface area contributed by atoms with Gasteiger partial charge in [0.15, 0.2) is 0 Å². The Labute approximate surface area is 249 Å². The minimum Gasteiger partial charge on any atom is -0.368 e. The lowest BCUT2D eigenvalue weighted by Crippen LogP contribution is -2.60. The molecule has 1 saturated heterocycles. The summed E-state index contributed by atoms with van der Waals surface area (Å²) in [6.45, 7) is 2.84. The highest BCUT2D eigenvalue weighted by atomic mass is 19.4. The van der Waals surface area contributed by atoms with Crippen molar-refractivity contribution in [2.75, 3.05) is 39.3 Å². The first-order valence-corrected chi connectivity index (χ1v) is 14.4. The van der Waals surface area contributed by atoms with E-state index in [1.807, 2.05) is 23.1 Å². The molecule has 1 aliphatic carbocycles. The Kier molecular flexibility index (Phi) is 6.80. The average molecular weight is 604 g/mol. The fourth-order valence-corrected chi connectivity index (χ4v) is 6.41. The van der Waals surface area contributed by atoms with Crippen molar-refractivity contribution in [3.8, 4) is 17.3 Å². The third-order valence-electron chi connectivity index (χ3n) is 8.74. The highest BCUT2D eigenvalue weighted by molar-refractivity contribution is 6.02. The molecule has 1 amide bonds. The molecule has 4 aromatic rings. The number of fused-ring (bicyclic) bond motifs is 1. The molecule has 226 valence electrons. The second-order valence-electron chi connectivity index (χ2n) is 11.4. The largest absolute Gasteiger partial charge is 0.433 e. The van der Waals surface area contributed by atoms with Gasteiger partial charge in [-0.15, -0.1) is 0 Å². The van der Waals surface area contributed by atoms with Crippen LogP contribution in [0.5, 0.6) is 0 Å². The molecule has 2 N–H and O–H groups in total. The van der Waals surface area contributed by atoms with Gasteiger partial charge in [-0.3, -0.25) is 19.4 Å². The summed E-state index contributed by atoms with van der Waals surface area (Å²) >= 11 is 0. The third kappa shape index (κ3) is 4.94. The van der Waals surface area contributed by atoms with Gasteiger partial charge < -0.3 is 15.2 Å². The van der Waals surface area contributed by atoms with Crippen LogP contribution in [0.25, 0.3) is 22.3 Å². The van der Waals surface area contributed by atoms with Crippen molar-refractivity contribution in [2.24, 2.45) is 4.99 Å². The van der Waals surface area contributed by atoms with Crippen LogP contribution in [0.2, 0.25) is 0 Å². The number of alkyl halides is 3. The predicted molar refractivity (Wildman–Crippen MR) is 152 cm³/mol. The van der Waals surface area contributed by atoms with Gasteiger partial charge in [-0.2, -0.15) is 23.5 Å². The highest BCUT2D eigenvalue weighted by Gasteiger charge is 2.49. The molecule has 0 atom stereocenters. The smallest absolute Gasteiger partial charge is 0.368 e. The first-order valence-electron chi connectivity index (χ1n) is 14.4. The Morgan fingerprint density at radius 1 is 1.14 bits per heavy atom. The van der Waals surface area contributed by atoms with Crippen molar-refractivity contribution >= 4 is 22.8 Å². The number of hydrogen-bond donors (Lipinski definition) is 2. The zero-order chi connectivity index (χ0) is 30.5. The van der Waals surface area contributed by atoms with E-state index in [-0.39, 0.29) is 17.3 Å². The lowest BCUT2D eigenvalue weighted by atomic mass is 9.70. The Balaban J connectivity index is 1.02. The van der Waals surface area contributed by atoms with Crippen LogP contribution < -0.4 is 5.32 Å². The molecule has 1 saturated carbocycles. The van der Waals surface area contributed by atoms with Crippen LogP contribution in [0, 0.1) is 11.3 Å². The number of amides is 1. The number of aromatic nitrogens is 6. The summed E-state index contributed by atoms with van der Waals surface area (Å²) in [7, 11) is 0. The normalized spacial score (nSPS) is 22.4. The lowest BCUT2D eigenvalue weighted by molar-refractivity contribution is -0.141. The molecule has 0 bridgehead atoms. The van der Waals surface area contributed by atoms with Crippen molar-refractivity contribution in [3.63, 3.8) is 0 Å². The average Bonchev–Trinajstić information content (AvgIpc) is 3.80. The van der Waals surface area contributed by atoms with E-state index in [0.29, 0.717) is 64.4 Å². The van der Waals surface area contributed by atoms with Crippen molar-refractivity contribution in [2.45, 2.75) is 37.0 Å². The van der Waals surface area contributed by atoms with Crippen LogP contribution in [0.3, 0.4) is 0 Å². The number of hydrogen-bond acceptors (Lipinski definition) is 9. The first-order chi connectivity index (χ1) is 21.2. The minimum absolute atomic E-state index is 0.188. The number of aliphatic imine (C=N–C) groups is 1. The van der Waals surface area contributed by atoms with E-state index in [1.165, 1.54) is 12.4 Å². The number of carbonyl (C=O) groups excluding carboxylic acids is 1. The number of H-pyrrole nitrogens is 1. The number of amidine groups is 1. The van der Waals surface area contributed by atoms with Crippen LogP contribution in [0.1, 0.15) is 41.0 Å². The molecule has 0 radical (unpaired) electrons. The molecule has 3 aliphatic rings. The fraction of sp³-hybridized carbons (Fsp3) is 0.414. The van der Waals surface area contributed by atoms with Gasteiger partial charge in [0.2, 0.25) is 0 Å². The Hall–Kier alpha value is -4.84. The number of carbonyl (C=O) groups is 1. The van der Waals surface area contributed by atoms with E-state index in [1.54, 1.807) is 11.1 Å². The van der Waals surface area contributed by atoms with Crippen LogP contribution in [-0.4, -0.2) is 96.6 Å². The van der Waals surface area contributed by atoms with Crippen molar-refractivity contribution in [3.05, 3.63) is 60.1 Å². The van der Waals surface area contributed by atoms with Crippen LogP contribution >= 0.6 is 0 Å². The maximum absolute atomic E-state index is 13.6. The van der Waals surface area contributed by atoms with E-state index < -0.39 is 23.3 Å². The van der Waals surface area contributed by atoms with Crippen molar-refractivity contribution < 1.29 is 18.0 Å². The van der Waals surface area contributed by atoms with Crippen molar-refractivity contribution in [1.29, 1.82) is 5.26 Å².